The van der Waals surface area contributed by atoms with Crippen LogP contribution in [0.5, 0.6) is 0 Å². The van der Waals surface area contributed by atoms with Gasteiger partial charge in [0, 0.05) is 12.6 Å². The maximum Gasteiger partial charge on any atom is 0.256 e. The zero-order valence-corrected chi connectivity index (χ0v) is 13.3. The van der Waals surface area contributed by atoms with Crippen molar-refractivity contribution in [1.29, 1.82) is 0 Å². The highest BCUT2D eigenvalue weighted by Gasteiger charge is 2.33. The first-order chi connectivity index (χ1) is 11.7. The first-order valence-electron chi connectivity index (χ1n) is 7.92. The maximum absolute atomic E-state index is 13.2. The smallest absolute Gasteiger partial charge is 0.256 e. The van der Waals surface area contributed by atoms with Crippen molar-refractivity contribution in [2.24, 2.45) is 0 Å². The van der Waals surface area contributed by atoms with E-state index in [1.54, 1.807) is 17.2 Å². The molecule has 1 atom stereocenters. The van der Waals surface area contributed by atoms with Gasteiger partial charge < -0.3 is 9.42 Å². The number of carbonyl (C=O) groups excluding carboxylic acids is 1. The van der Waals surface area contributed by atoms with Crippen molar-refractivity contribution >= 4 is 5.91 Å². The summed E-state index contributed by atoms with van der Waals surface area (Å²) in [4.78, 5) is 15.0. The summed E-state index contributed by atoms with van der Waals surface area (Å²) in [5.74, 6) is 0.747. The highest BCUT2D eigenvalue weighted by molar-refractivity contribution is 5.98. The second-order valence-electron chi connectivity index (χ2n) is 5.91. The fourth-order valence-electron chi connectivity index (χ4n) is 3.22. The molecule has 0 bridgehead atoms. The van der Waals surface area contributed by atoms with Crippen LogP contribution in [0.4, 0.5) is 0 Å². The molecule has 7 heteroatoms. The molecular weight excluding hydrogens is 306 g/mol. The normalized spacial score (nSPS) is 17.4. The third kappa shape index (κ3) is 2.47. The van der Waals surface area contributed by atoms with Crippen LogP contribution in [0.25, 0.3) is 5.69 Å². The molecule has 1 aliphatic heterocycles. The second-order valence-corrected chi connectivity index (χ2v) is 5.91. The standard InChI is InChI=1S/C17H17N5O2/c1-12-9-14(20-24-12)16-7-4-8-22(16)17(23)13-5-2-3-6-15(13)21-10-18-19-11-21/h2-3,5-6,9-11,16H,4,7-8H2,1H3/t16-/m1/s1. The molecule has 1 aliphatic rings. The number of likely N-dealkylation sites (tertiary alicyclic amines) is 1. The molecule has 3 aromatic rings. The Balaban J connectivity index is 1.69. The molecule has 1 aromatic carbocycles. The van der Waals surface area contributed by atoms with Crippen LogP contribution >= 0.6 is 0 Å². The van der Waals surface area contributed by atoms with Gasteiger partial charge in [0.1, 0.15) is 24.1 Å². The van der Waals surface area contributed by atoms with E-state index >= 15 is 0 Å². The monoisotopic (exact) mass is 323 g/mol. The van der Waals surface area contributed by atoms with Gasteiger partial charge in [-0.3, -0.25) is 9.36 Å². The minimum atomic E-state index is -0.0380. The molecular formula is C17H17N5O2. The molecule has 0 saturated carbocycles. The Morgan fingerprint density at radius 2 is 2.04 bits per heavy atom. The van der Waals surface area contributed by atoms with Crippen LogP contribution in [0.15, 0.2) is 47.5 Å². The van der Waals surface area contributed by atoms with Gasteiger partial charge in [-0.05, 0) is 31.9 Å². The van der Waals surface area contributed by atoms with Crippen LogP contribution in [0.2, 0.25) is 0 Å². The minimum Gasteiger partial charge on any atom is -0.361 e. The molecule has 0 N–H and O–H groups in total. The maximum atomic E-state index is 13.2. The van der Waals surface area contributed by atoms with Crippen molar-refractivity contribution in [3.05, 3.63) is 60.0 Å². The van der Waals surface area contributed by atoms with E-state index in [0.29, 0.717) is 12.1 Å². The van der Waals surface area contributed by atoms with E-state index in [-0.39, 0.29) is 11.9 Å². The molecule has 1 fully saturated rings. The van der Waals surface area contributed by atoms with Crippen LogP contribution < -0.4 is 0 Å². The molecule has 1 amide bonds. The van der Waals surface area contributed by atoms with E-state index < -0.39 is 0 Å². The van der Waals surface area contributed by atoms with Gasteiger partial charge >= 0.3 is 0 Å². The second kappa shape index (κ2) is 5.92. The van der Waals surface area contributed by atoms with Crippen LogP contribution in [-0.4, -0.2) is 37.3 Å². The Morgan fingerprint density at radius 1 is 1.25 bits per heavy atom. The minimum absolute atomic E-state index is 0.0116. The lowest BCUT2D eigenvalue weighted by Crippen LogP contribution is -2.31. The van der Waals surface area contributed by atoms with E-state index in [4.69, 9.17) is 4.52 Å². The third-order valence-corrected chi connectivity index (χ3v) is 4.33. The zero-order chi connectivity index (χ0) is 16.5. The lowest BCUT2D eigenvalue weighted by molar-refractivity contribution is 0.0731. The van der Waals surface area contributed by atoms with Crippen LogP contribution in [0.1, 0.15) is 40.7 Å². The summed E-state index contributed by atoms with van der Waals surface area (Å²) in [5.41, 5.74) is 2.22. The first kappa shape index (κ1) is 14.6. The Morgan fingerprint density at radius 3 is 2.79 bits per heavy atom. The fourth-order valence-corrected chi connectivity index (χ4v) is 3.22. The van der Waals surface area contributed by atoms with Gasteiger partial charge in [0.25, 0.3) is 5.91 Å². The summed E-state index contributed by atoms with van der Waals surface area (Å²) in [6.07, 6.45) is 5.03. The van der Waals surface area contributed by atoms with Gasteiger partial charge in [-0.2, -0.15) is 0 Å². The molecule has 0 unspecified atom stereocenters. The average Bonchev–Trinajstić information content (AvgIpc) is 3.35. The number of amides is 1. The number of aromatic nitrogens is 4. The van der Waals surface area contributed by atoms with Crippen LogP contribution in [0, 0.1) is 6.92 Å². The molecule has 0 spiro atoms. The summed E-state index contributed by atoms with van der Waals surface area (Å²) in [5, 5.41) is 11.8. The molecule has 0 aliphatic carbocycles. The molecule has 24 heavy (non-hydrogen) atoms. The van der Waals surface area contributed by atoms with Crippen molar-refractivity contribution in [2.45, 2.75) is 25.8 Å². The van der Waals surface area contributed by atoms with Crippen molar-refractivity contribution in [3.63, 3.8) is 0 Å². The van der Waals surface area contributed by atoms with E-state index in [0.717, 1.165) is 30.0 Å². The lowest BCUT2D eigenvalue weighted by atomic mass is 10.1. The number of para-hydroxylation sites is 1. The summed E-state index contributed by atoms with van der Waals surface area (Å²) in [6, 6.07) is 9.36. The molecule has 4 rings (SSSR count). The van der Waals surface area contributed by atoms with Gasteiger partial charge in [0.2, 0.25) is 0 Å². The van der Waals surface area contributed by atoms with Crippen molar-refractivity contribution < 1.29 is 9.32 Å². The molecule has 7 nitrogen and oxygen atoms in total. The van der Waals surface area contributed by atoms with E-state index in [1.165, 1.54) is 0 Å². The van der Waals surface area contributed by atoms with Crippen molar-refractivity contribution in [2.75, 3.05) is 6.54 Å². The van der Waals surface area contributed by atoms with Crippen LogP contribution in [-0.2, 0) is 0 Å². The summed E-state index contributed by atoms with van der Waals surface area (Å²) in [7, 11) is 0. The topological polar surface area (TPSA) is 77.1 Å². The Hall–Kier alpha value is -2.96. The fraction of sp³-hybridized carbons (Fsp3) is 0.294. The van der Waals surface area contributed by atoms with E-state index in [9.17, 15) is 4.79 Å². The average molecular weight is 323 g/mol. The highest BCUT2D eigenvalue weighted by atomic mass is 16.5. The number of nitrogens with zero attached hydrogens (tertiary/aromatic N) is 5. The molecule has 122 valence electrons. The lowest BCUT2D eigenvalue weighted by Gasteiger charge is -2.24. The SMILES string of the molecule is Cc1cc([C@H]2CCCN2C(=O)c2ccccc2-n2cnnc2)no1. The quantitative estimate of drug-likeness (QED) is 0.740. The number of hydrogen-bond acceptors (Lipinski definition) is 5. The predicted octanol–water partition coefficient (Wildman–Crippen LogP) is 2.54. The summed E-state index contributed by atoms with van der Waals surface area (Å²) < 4.78 is 6.93. The molecule has 0 radical (unpaired) electrons. The summed E-state index contributed by atoms with van der Waals surface area (Å²) in [6.45, 7) is 2.57. The zero-order valence-electron chi connectivity index (χ0n) is 13.3. The summed E-state index contributed by atoms with van der Waals surface area (Å²) >= 11 is 0. The van der Waals surface area contributed by atoms with Gasteiger partial charge in [0.05, 0.1) is 17.3 Å². The number of carbonyl (C=O) groups is 1. The number of hydrogen-bond donors (Lipinski definition) is 0. The van der Waals surface area contributed by atoms with Crippen LogP contribution in [0.3, 0.4) is 0 Å². The van der Waals surface area contributed by atoms with E-state index in [2.05, 4.69) is 15.4 Å². The Bertz CT molecular complexity index is 856. The molecule has 3 heterocycles. The molecule has 1 saturated heterocycles. The third-order valence-electron chi connectivity index (χ3n) is 4.33. The van der Waals surface area contributed by atoms with Gasteiger partial charge in [-0.1, -0.05) is 17.3 Å². The van der Waals surface area contributed by atoms with Gasteiger partial charge in [-0.25, -0.2) is 0 Å². The Labute approximate surface area is 138 Å². The number of aryl methyl sites for hydroxylation is 1. The number of benzene rings is 1. The highest BCUT2D eigenvalue weighted by Crippen LogP contribution is 2.33. The van der Waals surface area contributed by atoms with Crippen molar-refractivity contribution in [1.82, 2.24) is 24.8 Å². The van der Waals surface area contributed by atoms with Gasteiger partial charge in [0.15, 0.2) is 0 Å². The van der Waals surface area contributed by atoms with Crippen molar-refractivity contribution in [3.8, 4) is 5.69 Å². The molecule has 2 aromatic heterocycles. The van der Waals surface area contributed by atoms with E-state index in [1.807, 2.05) is 42.2 Å². The van der Waals surface area contributed by atoms with Gasteiger partial charge in [-0.15, -0.1) is 10.2 Å². The first-order valence-corrected chi connectivity index (χ1v) is 7.92. The number of rotatable bonds is 3. The Kier molecular flexibility index (Phi) is 3.60. The largest absolute Gasteiger partial charge is 0.361 e. The predicted molar refractivity (Wildman–Crippen MR) is 85.6 cm³/mol.